The van der Waals surface area contributed by atoms with Crippen molar-refractivity contribution in [3.05, 3.63) is 25.7 Å². The van der Waals surface area contributed by atoms with Gasteiger partial charge in [0, 0.05) is 23.0 Å². The molecular formula is C10H18O2S2. The molecule has 0 saturated carbocycles. The van der Waals surface area contributed by atoms with Crippen molar-refractivity contribution >= 4 is 23.5 Å². The van der Waals surface area contributed by atoms with E-state index in [1.165, 1.54) is 24.0 Å². The van der Waals surface area contributed by atoms with Gasteiger partial charge in [0.05, 0.1) is 25.7 Å². The highest BCUT2D eigenvalue weighted by atomic mass is 32.2. The topological polar surface area (TPSA) is 18.5 Å². The van der Waals surface area contributed by atoms with Crippen LogP contribution in [-0.4, -0.2) is 36.2 Å². The Morgan fingerprint density at radius 2 is 1.21 bits per heavy atom. The fourth-order valence-corrected chi connectivity index (χ4v) is 2.48. The summed E-state index contributed by atoms with van der Waals surface area (Å²) in [6.07, 6.45) is 2.98. The average molecular weight is 234 g/mol. The molecule has 82 valence electrons. The van der Waals surface area contributed by atoms with Crippen LogP contribution < -0.4 is 0 Å². The van der Waals surface area contributed by atoms with E-state index in [0.717, 1.165) is 24.7 Å². The van der Waals surface area contributed by atoms with Crippen LogP contribution in [0.25, 0.3) is 0 Å². The quantitative estimate of drug-likeness (QED) is 0.404. The van der Waals surface area contributed by atoms with Crippen molar-refractivity contribution in [1.82, 2.24) is 0 Å². The smallest absolute Gasteiger partial charge is 0.0963 e. The average Bonchev–Trinajstić information content (AvgIpc) is 2.21. The lowest BCUT2D eigenvalue weighted by Gasteiger charge is -2.02. The molecule has 0 aromatic rings. The Morgan fingerprint density at radius 3 is 1.57 bits per heavy atom. The predicted molar refractivity (Wildman–Crippen MR) is 66.9 cm³/mol. The molecule has 0 heterocycles. The van der Waals surface area contributed by atoms with E-state index in [1.807, 2.05) is 23.5 Å². The first-order chi connectivity index (χ1) is 6.91. The summed E-state index contributed by atoms with van der Waals surface area (Å²) < 4.78 is 10.00. The van der Waals surface area contributed by atoms with Crippen LogP contribution in [0.4, 0.5) is 0 Å². The molecule has 0 aliphatic carbocycles. The van der Waals surface area contributed by atoms with Crippen molar-refractivity contribution < 1.29 is 9.47 Å². The maximum Gasteiger partial charge on any atom is 0.0963 e. The highest BCUT2D eigenvalue weighted by Crippen LogP contribution is 2.06. The Morgan fingerprint density at radius 1 is 0.786 bits per heavy atom. The maximum atomic E-state index is 5.00. The second kappa shape index (κ2) is 12.8. The SMILES string of the molecule is C=COCCSCCSCCOC=C. The summed E-state index contributed by atoms with van der Waals surface area (Å²) in [6.45, 7) is 8.48. The van der Waals surface area contributed by atoms with Crippen molar-refractivity contribution in [2.24, 2.45) is 0 Å². The van der Waals surface area contributed by atoms with E-state index >= 15 is 0 Å². The van der Waals surface area contributed by atoms with Crippen molar-refractivity contribution in [3.8, 4) is 0 Å². The molecule has 0 unspecified atom stereocenters. The van der Waals surface area contributed by atoms with E-state index < -0.39 is 0 Å². The van der Waals surface area contributed by atoms with Gasteiger partial charge in [0.15, 0.2) is 0 Å². The maximum absolute atomic E-state index is 5.00. The molecule has 0 N–H and O–H groups in total. The summed E-state index contributed by atoms with van der Waals surface area (Å²) in [4.78, 5) is 0. The minimum absolute atomic E-state index is 0.762. The molecule has 0 aliphatic heterocycles. The largest absolute Gasteiger partial charge is 0.501 e. The van der Waals surface area contributed by atoms with Crippen LogP contribution in [0.2, 0.25) is 0 Å². The summed E-state index contributed by atoms with van der Waals surface area (Å²) in [7, 11) is 0. The van der Waals surface area contributed by atoms with Gasteiger partial charge in [-0.1, -0.05) is 13.2 Å². The van der Waals surface area contributed by atoms with Gasteiger partial charge >= 0.3 is 0 Å². The molecule has 0 amide bonds. The zero-order valence-electron chi connectivity index (χ0n) is 8.44. The molecule has 0 saturated heterocycles. The fraction of sp³-hybridized carbons (Fsp3) is 0.600. The van der Waals surface area contributed by atoms with Crippen LogP contribution in [-0.2, 0) is 9.47 Å². The fourth-order valence-electron chi connectivity index (χ4n) is 0.703. The highest BCUT2D eigenvalue weighted by molar-refractivity contribution is 8.02. The number of ether oxygens (including phenoxy) is 2. The van der Waals surface area contributed by atoms with Gasteiger partial charge in [-0.3, -0.25) is 0 Å². The Labute approximate surface area is 95.1 Å². The van der Waals surface area contributed by atoms with Crippen LogP contribution in [0, 0.1) is 0 Å². The molecule has 0 fully saturated rings. The predicted octanol–water partition coefficient (Wildman–Crippen LogP) is 2.77. The Balaban J connectivity index is 2.84. The molecule has 14 heavy (non-hydrogen) atoms. The lowest BCUT2D eigenvalue weighted by Crippen LogP contribution is -1.96. The number of hydrogen-bond donors (Lipinski definition) is 0. The molecule has 0 aromatic heterocycles. The summed E-state index contributed by atoms with van der Waals surface area (Å²) in [5, 5.41) is 0. The van der Waals surface area contributed by atoms with Gasteiger partial charge in [-0.05, 0) is 0 Å². The van der Waals surface area contributed by atoms with Gasteiger partial charge in [-0.15, -0.1) is 0 Å². The summed E-state index contributed by atoms with van der Waals surface area (Å²) >= 11 is 3.80. The third kappa shape index (κ3) is 11.8. The number of hydrogen-bond acceptors (Lipinski definition) is 4. The summed E-state index contributed by atoms with van der Waals surface area (Å²) in [5.74, 6) is 4.41. The highest BCUT2D eigenvalue weighted by Gasteiger charge is 1.91. The zero-order chi connectivity index (χ0) is 10.5. The van der Waals surface area contributed by atoms with E-state index in [2.05, 4.69) is 13.2 Å². The molecule has 0 aromatic carbocycles. The number of thioether (sulfide) groups is 2. The first-order valence-corrected chi connectivity index (χ1v) is 6.83. The molecule has 4 heteroatoms. The van der Waals surface area contributed by atoms with Crippen molar-refractivity contribution in [2.75, 3.05) is 36.2 Å². The van der Waals surface area contributed by atoms with Crippen LogP contribution in [0.5, 0.6) is 0 Å². The first-order valence-electron chi connectivity index (χ1n) is 4.52. The van der Waals surface area contributed by atoms with Crippen LogP contribution in [0.15, 0.2) is 25.7 Å². The second-order valence-electron chi connectivity index (χ2n) is 2.30. The van der Waals surface area contributed by atoms with E-state index in [1.54, 1.807) is 0 Å². The van der Waals surface area contributed by atoms with E-state index in [9.17, 15) is 0 Å². The summed E-state index contributed by atoms with van der Waals surface area (Å²) in [5.41, 5.74) is 0. The molecule has 0 rings (SSSR count). The second-order valence-corrected chi connectivity index (χ2v) is 4.75. The van der Waals surface area contributed by atoms with Crippen LogP contribution in [0.3, 0.4) is 0 Å². The van der Waals surface area contributed by atoms with Crippen molar-refractivity contribution in [1.29, 1.82) is 0 Å². The zero-order valence-corrected chi connectivity index (χ0v) is 10.1. The Kier molecular flexibility index (Phi) is 12.6. The third-order valence-corrected chi connectivity index (χ3v) is 3.45. The third-order valence-electron chi connectivity index (χ3n) is 1.30. The molecule has 0 aliphatic rings. The molecule has 0 atom stereocenters. The van der Waals surface area contributed by atoms with Gasteiger partial charge in [0.1, 0.15) is 0 Å². The van der Waals surface area contributed by atoms with Crippen molar-refractivity contribution in [3.63, 3.8) is 0 Å². The minimum atomic E-state index is 0.762. The molecule has 2 nitrogen and oxygen atoms in total. The van der Waals surface area contributed by atoms with Gasteiger partial charge in [0.2, 0.25) is 0 Å². The van der Waals surface area contributed by atoms with Crippen LogP contribution in [0.1, 0.15) is 0 Å². The molecular weight excluding hydrogens is 216 g/mol. The first kappa shape index (κ1) is 13.8. The van der Waals surface area contributed by atoms with E-state index in [0.29, 0.717) is 0 Å². The summed E-state index contributed by atoms with van der Waals surface area (Å²) in [6, 6.07) is 0. The normalized spacial score (nSPS) is 9.43. The number of rotatable bonds is 11. The molecule has 0 bridgehead atoms. The Hall–Kier alpha value is -0.220. The Bertz CT molecular complexity index is 124. The lowest BCUT2D eigenvalue weighted by molar-refractivity contribution is 0.274. The van der Waals surface area contributed by atoms with Gasteiger partial charge < -0.3 is 9.47 Å². The van der Waals surface area contributed by atoms with E-state index in [4.69, 9.17) is 9.47 Å². The van der Waals surface area contributed by atoms with Crippen LogP contribution >= 0.6 is 23.5 Å². The molecule has 0 radical (unpaired) electrons. The van der Waals surface area contributed by atoms with Gasteiger partial charge in [0.25, 0.3) is 0 Å². The minimum Gasteiger partial charge on any atom is -0.501 e. The lowest BCUT2D eigenvalue weighted by atomic mass is 10.8. The monoisotopic (exact) mass is 234 g/mol. The van der Waals surface area contributed by atoms with Gasteiger partial charge in [-0.25, -0.2) is 0 Å². The van der Waals surface area contributed by atoms with Gasteiger partial charge in [-0.2, -0.15) is 23.5 Å². The van der Waals surface area contributed by atoms with E-state index in [-0.39, 0.29) is 0 Å². The molecule has 0 spiro atoms. The van der Waals surface area contributed by atoms with Crippen molar-refractivity contribution in [2.45, 2.75) is 0 Å². The standard InChI is InChI=1S/C10H18O2S2/c1-3-11-5-7-13-9-10-14-8-6-12-4-2/h3-4H,1-2,5-10H2.